The van der Waals surface area contributed by atoms with E-state index in [1.54, 1.807) is 12.1 Å². The van der Waals surface area contributed by atoms with Gasteiger partial charge in [0.25, 0.3) is 0 Å². The van der Waals surface area contributed by atoms with Crippen molar-refractivity contribution in [2.24, 2.45) is 0 Å². The van der Waals surface area contributed by atoms with Gasteiger partial charge in [-0.1, -0.05) is 6.07 Å². The van der Waals surface area contributed by atoms with Crippen LogP contribution in [0.25, 0.3) is 0 Å². The van der Waals surface area contributed by atoms with Gasteiger partial charge in [0.2, 0.25) is 21.3 Å². The molecule has 2 atom stereocenters. The molecule has 0 aliphatic rings. The highest BCUT2D eigenvalue weighted by Gasteiger charge is 2.24. The number of sulfonamides is 1. The van der Waals surface area contributed by atoms with Crippen LogP contribution in [0.5, 0.6) is 11.5 Å². The van der Waals surface area contributed by atoms with Crippen molar-refractivity contribution in [3.63, 3.8) is 0 Å². The van der Waals surface area contributed by atoms with Gasteiger partial charge in [0.05, 0.1) is 22.8 Å². The van der Waals surface area contributed by atoms with Crippen molar-refractivity contribution in [1.82, 2.24) is 4.72 Å². The average Bonchev–Trinajstić information content (AvgIpc) is 2.82. The van der Waals surface area contributed by atoms with Crippen molar-refractivity contribution in [2.75, 3.05) is 29.4 Å². The molecule has 0 amide bonds. The highest BCUT2D eigenvalue weighted by atomic mass is 127. The summed E-state index contributed by atoms with van der Waals surface area (Å²) in [5, 5.41) is 2.85. The molecule has 0 heterocycles. The molecule has 200 valence electrons. The first-order chi connectivity index (χ1) is 17.5. The molecule has 14 heteroatoms. The highest BCUT2D eigenvalue weighted by Crippen LogP contribution is 2.40. The average molecular weight is 667 g/mol. The minimum Gasteiger partial charge on any atom is -0.457 e. The maximum Gasteiger partial charge on any atom is 0.232 e. The molecule has 0 fully saturated rings. The summed E-state index contributed by atoms with van der Waals surface area (Å²) in [6.45, 7) is 1.31. The number of methoxy groups -OCH3 is 1. The fourth-order valence-electron chi connectivity index (χ4n) is 3.30. The molecule has 0 spiro atoms. The van der Waals surface area contributed by atoms with Crippen LogP contribution in [0.4, 0.5) is 25.8 Å². The van der Waals surface area contributed by atoms with Gasteiger partial charge in [-0.25, -0.2) is 26.1 Å². The van der Waals surface area contributed by atoms with Gasteiger partial charge in [0.15, 0.2) is 0 Å². The summed E-state index contributed by atoms with van der Waals surface area (Å²) in [5.74, 6) is -1.30. The third kappa shape index (κ3) is 8.31. The van der Waals surface area contributed by atoms with Crippen molar-refractivity contribution in [3.05, 3.63) is 75.4 Å². The van der Waals surface area contributed by atoms with Gasteiger partial charge in [-0.05, 0) is 65.9 Å². The molecule has 0 saturated carbocycles. The lowest BCUT2D eigenvalue weighted by Crippen LogP contribution is -2.25. The SMILES string of the molecule is CCS(=O)(=O)Nc1cccc(Oc2cc(F)cc(Nc3ccc(I)cc3F)c2C(CNS(=O)O)OC)c1. The van der Waals surface area contributed by atoms with Crippen LogP contribution in [0, 0.1) is 15.2 Å². The van der Waals surface area contributed by atoms with Gasteiger partial charge in [0.1, 0.15) is 29.2 Å². The quantitative estimate of drug-likeness (QED) is 0.153. The van der Waals surface area contributed by atoms with Crippen molar-refractivity contribution in [1.29, 1.82) is 0 Å². The van der Waals surface area contributed by atoms with Gasteiger partial charge < -0.3 is 14.8 Å². The van der Waals surface area contributed by atoms with E-state index in [0.29, 0.717) is 3.57 Å². The fourth-order valence-corrected chi connectivity index (χ4v) is 4.68. The smallest absolute Gasteiger partial charge is 0.232 e. The predicted octanol–water partition coefficient (Wildman–Crippen LogP) is 5.28. The van der Waals surface area contributed by atoms with E-state index in [4.69, 9.17) is 9.47 Å². The van der Waals surface area contributed by atoms with Crippen LogP contribution in [-0.2, 0) is 26.0 Å². The molecule has 4 N–H and O–H groups in total. The Morgan fingerprint density at radius 2 is 1.86 bits per heavy atom. The van der Waals surface area contributed by atoms with E-state index in [2.05, 4.69) is 14.8 Å². The standard InChI is InChI=1S/C23H24F2IN3O6S2/c1-3-37(32,33)29-16-5-4-6-17(12-16)35-21-10-14(24)9-20(23(21)22(34-2)13-27-36(30)31)28-19-8-7-15(26)11-18(19)25/h4-12,22,27-29H,3,13H2,1-2H3,(H,30,31). The summed E-state index contributed by atoms with van der Waals surface area (Å²) in [6, 6.07) is 12.7. The number of ether oxygens (including phenoxy) is 2. The Hall–Kier alpha value is -2.37. The van der Waals surface area contributed by atoms with E-state index in [9.17, 15) is 26.0 Å². The normalized spacial score (nSPS) is 13.1. The maximum atomic E-state index is 14.8. The Morgan fingerprint density at radius 3 is 2.51 bits per heavy atom. The molecule has 0 aliphatic heterocycles. The molecular formula is C23H24F2IN3O6S2. The van der Waals surface area contributed by atoms with E-state index < -0.39 is 39.0 Å². The highest BCUT2D eigenvalue weighted by molar-refractivity contribution is 14.1. The second-order valence-electron chi connectivity index (χ2n) is 7.57. The lowest BCUT2D eigenvalue weighted by atomic mass is 10.0. The molecule has 0 saturated heterocycles. The van der Waals surface area contributed by atoms with Crippen LogP contribution in [0.2, 0.25) is 0 Å². The Balaban J connectivity index is 2.08. The van der Waals surface area contributed by atoms with Gasteiger partial charge in [-0.2, -0.15) is 0 Å². The first-order valence-electron chi connectivity index (χ1n) is 10.7. The second-order valence-corrected chi connectivity index (χ2v) is 11.6. The molecule has 0 aliphatic carbocycles. The number of halogens is 3. The zero-order chi connectivity index (χ0) is 27.2. The number of anilines is 3. The van der Waals surface area contributed by atoms with E-state index >= 15 is 0 Å². The summed E-state index contributed by atoms with van der Waals surface area (Å²) in [4.78, 5) is 0. The third-order valence-electron chi connectivity index (χ3n) is 5.02. The first kappa shape index (κ1) is 29.2. The fraction of sp³-hybridized carbons (Fsp3) is 0.217. The topological polar surface area (TPSA) is 126 Å². The van der Waals surface area contributed by atoms with Crippen molar-refractivity contribution >= 4 is 60.9 Å². The van der Waals surface area contributed by atoms with Crippen LogP contribution in [0.3, 0.4) is 0 Å². The van der Waals surface area contributed by atoms with E-state index in [-0.39, 0.29) is 46.4 Å². The predicted molar refractivity (Wildman–Crippen MR) is 147 cm³/mol. The Morgan fingerprint density at radius 1 is 1.11 bits per heavy atom. The van der Waals surface area contributed by atoms with Gasteiger partial charge >= 0.3 is 0 Å². The minimum absolute atomic E-state index is 0.0405. The van der Waals surface area contributed by atoms with Crippen molar-refractivity contribution in [2.45, 2.75) is 13.0 Å². The van der Waals surface area contributed by atoms with Crippen molar-refractivity contribution in [3.8, 4) is 11.5 Å². The minimum atomic E-state index is -3.55. The Bertz CT molecular complexity index is 1390. The molecular weight excluding hydrogens is 643 g/mol. The van der Waals surface area contributed by atoms with Gasteiger partial charge in [0, 0.05) is 34.9 Å². The largest absolute Gasteiger partial charge is 0.457 e. The van der Waals surface area contributed by atoms with Gasteiger partial charge in [-0.3, -0.25) is 9.27 Å². The molecule has 3 rings (SSSR count). The zero-order valence-corrected chi connectivity index (χ0v) is 23.4. The zero-order valence-electron chi connectivity index (χ0n) is 19.6. The number of nitrogens with one attached hydrogen (secondary N) is 3. The molecule has 3 aromatic carbocycles. The number of benzene rings is 3. The Kier molecular flexibility index (Phi) is 10.2. The summed E-state index contributed by atoms with van der Waals surface area (Å²) in [5.41, 5.74) is 0.606. The molecule has 9 nitrogen and oxygen atoms in total. The third-order valence-corrected chi connectivity index (χ3v) is 7.41. The van der Waals surface area contributed by atoms with E-state index in [0.717, 1.165) is 12.1 Å². The number of rotatable bonds is 12. The number of hydrogen-bond donors (Lipinski definition) is 4. The summed E-state index contributed by atoms with van der Waals surface area (Å²) >= 11 is -0.408. The first-order valence-corrected chi connectivity index (χ1v) is 14.6. The van der Waals surface area contributed by atoms with Crippen LogP contribution in [0.1, 0.15) is 18.6 Å². The van der Waals surface area contributed by atoms with Crippen LogP contribution < -0.4 is 19.5 Å². The maximum absolute atomic E-state index is 14.8. The molecule has 0 bridgehead atoms. The summed E-state index contributed by atoms with van der Waals surface area (Å²) in [6.07, 6.45) is -0.942. The van der Waals surface area contributed by atoms with Gasteiger partial charge in [-0.15, -0.1) is 0 Å². The number of hydrogen-bond acceptors (Lipinski definition) is 6. The van der Waals surface area contributed by atoms with Crippen molar-refractivity contribution < 1.29 is 35.4 Å². The molecule has 0 radical (unpaired) electrons. The summed E-state index contributed by atoms with van der Waals surface area (Å²) < 4.78 is 90.5. The second kappa shape index (κ2) is 12.9. The van der Waals surface area contributed by atoms with Crippen LogP contribution in [-0.4, -0.2) is 36.6 Å². The monoisotopic (exact) mass is 667 g/mol. The van der Waals surface area contributed by atoms with E-state index in [1.807, 2.05) is 22.6 Å². The molecule has 37 heavy (non-hydrogen) atoms. The lowest BCUT2D eigenvalue weighted by molar-refractivity contribution is 0.106. The van der Waals surface area contributed by atoms with Crippen LogP contribution in [0.15, 0.2) is 54.6 Å². The van der Waals surface area contributed by atoms with Crippen LogP contribution >= 0.6 is 22.6 Å². The van der Waals surface area contributed by atoms with E-state index in [1.165, 1.54) is 44.4 Å². The molecule has 3 aromatic rings. The molecule has 2 unspecified atom stereocenters. The lowest BCUT2D eigenvalue weighted by Gasteiger charge is -2.23. The molecule has 0 aromatic heterocycles. The summed E-state index contributed by atoms with van der Waals surface area (Å²) in [7, 11) is -2.21. The Labute approximate surface area is 229 Å².